The summed E-state index contributed by atoms with van der Waals surface area (Å²) < 4.78 is 20.0. The number of rotatable bonds is 7. The number of carbonyl (C=O) groups excluding carboxylic acids is 4. The third-order valence-electron chi connectivity index (χ3n) is 4.18. The quantitative estimate of drug-likeness (QED) is 0.522. The molecule has 1 N–H and O–H groups in total. The summed E-state index contributed by atoms with van der Waals surface area (Å²) in [5, 5.41) is 3.15. The van der Waals surface area contributed by atoms with E-state index in [-0.39, 0.29) is 25.5 Å². The predicted molar refractivity (Wildman–Crippen MR) is 99.1 cm³/mol. The maximum absolute atomic E-state index is 12.5. The number of pyridine rings is 1. The summed E-state index contributed by atoms with van der Waals surface area (Å²) in [4.78, 5) is 53.6. The van der Waals surface area contributed by atoms with Crippen LogP contribution in [0.4, 0.5) is 14.4 Å². The van der Waals surface area contributed by atoms with Crippen molar-refractivity contribution in [1.82, 2.24) is 20.1 Å². The van der Waals surface area contributed by atoms with Crippen LogP contribution >= 0.6 is 0 Å². The average Bonchev–Trinajstić information content (AvgIpc) is 3.27. The fraction of sp³-hybridized carbons (Fsp3) is 0.389. The van der Waals surface area contributed by atoms with Gasteiger partial charge in [-0.25, -0.2) is 19.3 Å². The van der Waals surface area contributed by atoms with Crippen LogP contribution in [0.1, 0.15) is 18.7 Å². The largest absolute Gasteiger partial charge is 0.510 e. The molecule has 1 atom stereocenters. The SMILES string of the molecule is CCOC(=O)N(C)CCOC(=O)OCN1C(=O)NC(c2cc3cnccc3o2)C1=O. The summed E-state index contributed by atoms with van der Waals surface area (Å²) in [6.07, 6.45) is 1.47. The molecule has 12 nitrogen and oxygen atoms in total. The Hall–Kier alpha value is -3.83. The van der Waals surface area contributed by atoms with Crippen molar-refractivity contribution in [3.63, 3.8) is 0 Å². The Morgan fingerprint density at radius 1 is 1.30 bits per heavy atom. The highest BCUT2D eigenvalue weighted by Gasteiger charge is 2.41. The number of amides is 4. The topological polar surface area (TPSA) is 141 Å². The van der Waals surface area contributed by atoms with Crippen LogP contribution in [0.25, 0.3) is 11.0 Å². The number of likely N-dealkylation sites (N-methyl/N-ethyl adjacent to an activating group) is 1. The molecule has 1 unspecified atom stereocenters. The van der Waals surface area contributed by atoms with Gasteiger partial charge in [-0.05, 0) is 19.1 Å². The van der Waals surface area contributed by atoms with E-state index in [2.05, 4.69) is 10.3 Å². The monoisotopic (exact) mass is 420 g/mol. The first-order valence-electron chi connectivity index (χ1n) is 9.03. The lowest BCUT2D eigenvalue weighted by atomic mass is 10.2. The summed E-state index contributed by atoms with van der Waals surface area (Å²) >= 11 is 0. The Bertz CT molecular complexity index is 926. The van der Waals surface area contributed by atoms with Crippen molar-refractivity contribution in [1.29, 1.82) is 0 Å². The van der Waals surface area contributed by atoms with E-state index in [0.717, 1.165) is 4.90 Å². The van der Waals surface area contributed by atoms with Crippen molar-refractivity contribution < 1.29 is 37.8 Å². The van der Waals surface area contributed by atoms with Gasteiger partial charge in [0.15, 0.2) is 12.8 Å². The fourth-order valence-corrected chi connectivity index (χ4v) is 2.63. The number of nitrogens with one attached hydrogen (secondary N) is 1. The lowest BCUT2D eigenvalue weighted by Gasteiger charge is -2.16. The molecule has 4 amide bonds. The van der Waals surface area contributed by atoms with Crippen LogP contribution in [0, 0.1) is 0 Å². The Morgan fingerprint density at radius 3 is 2.83 bits per heavy atom. The van der Waals surface area contributed by atoms with E-state index in [1.54, 1.807) is 31.5 Å². The van der Waals surface area contributed by atoms with Crippen LogP contribution in [0.5, 0.6) is 0 Å². The average molecular weight is 420 g/mol. The van der Waals surface area contributed by atoms with Crippen molar-refractivity contribution in [2.75, 3.05) is 33.5 Å². The van der Waals surface area contributed by atoms with Gasteiger partial charge in [0.25, 0.3) is 5.91 Å². The summed E-state index contributed by atoms with van der Waals surface area (Å²) in [6.45, 7) is 1.20. The van der Waals surface area contributed by atoms with Gasteiger partial charge in [0.1, 0.15) is 18.0 Å². The number of fused-ring (bicyclic) bond motifs is 1. The fourth-order valence-electron chi connectivity index (χ4n) is 2.63. The maximum Gasteiger partial charge on any atom is 0.510 e. The van der Waals surface area contributed by atoms with Gasteiger partial charge in [-0.1, -0.05) is 0 Å². The summed E-state index contributed by atoms with van der Waals surface area (Å²) in [6, 6.07) is 1.46. The highest BCUT2D eigenvalue weighted by Crippen LogP contribution is 2.27. The standard InChI is InChI=1S/C18H20N4O8/c1-3-27-17(25)21(2)6-7-28-18(26)29-10-22-15(23)14(20-16(22)24)13-8-11-9-19-5-4-12(11)30-13/h4-5,8-9,14H,3,6-7,10H2,1-2H3,(H,20,24). The normalized spacial score (nSPS) is 15.8. The second-order valence-electron chi connectivity index (χ2n) is 6.20. The van der Waals surface area contributed by atoms with Crippen LogP contribution in [0.15, 0.2) is 28.9 Å². The lowest BCUT2D eigenvalue weighted by Crippen LogP contribution is -2.35. The molecule has 30 heavy (non-hydrogen) atoms. The zero-order chi connectivity index (χ0) is 21.7. The number of aromatic nitrogens is 1. The predicted octanol–water partition coefficient (Wildman–Crippen LogP) is 1.62. The van der Waals surface area contributed by atoms with E-state index in [9.17, 15) is 19.2 Å². The van der Waals surface area contributed by atoms with Crippen molar-refractivity contribution in [2.24, 2.45) is 0 Å². The summed E-state index contributed by atoms with van der Waals surface area (Å²) in [5.41, 5.74) is 0.521. The van der Waals surface area contributed by atoms with Crippen LogP contribution < -0.4 is 5.32 Å². The van der Waals surface area contributed by atoms with E-state index in [0.29, 0.717) is 11.0 Å². The van der Waals surface area contributed by atoms with Crippen molar-refractivity contribution in [2.45, 2.75) is 13.0 Å². The number of carbonyl (C=O) groups is 4. The molecule has 0 radical (unpaired) electrons. The van der Waals surface area contributed by atoms with Gasteiger partial charge in [0.2, 0.25) is 0 Å². The number of hydrogen-bond donors (Lipinski definition) is 1. The molecule has 0 spiro atoms. The summed E-state index contributed by atoms with van der Waals surface area (Å²) in [5.74, 6) is -0.398. The molecular formula is C18H20N4O8. The number of hydrogen-bond acceptors (Lipinski definition) is 9. The molecule has 2 aromatic rings. The van der Waals surface area contributed by atoms with Crippen LogP contribution in [0.3, 0.4) is 0 Å². The van der Waals surface area contributed by atoms with Crippen molar-refractivity contribution in [3.05, 3.63) is 30.3 Å². The minimum absolute atomic E-state index is 0.0834. The number of furan rings is 1. The van der Waals surface area contributed by atoms with Crippen molar-refractivity contribution >= 4 is 35.2 Å². The zero-order valence-corrected chi connectivity index (χ0v) is 16.3. The van der Waals surface area contributed by atoms with Gasteiger partial charge >= 0.3 is 18.3 Å². The van der Waals surface area contributed by atoms with Gasteiger partial charge in [0.05, 0.1) is 13.2 Å². The van der Waals surface area contributed by atoms with Gasteiger partial charge in [-0.3, -0.25) is 9.78 Å². The molecule has 3 heterocycles. The van der Waals surface area contributed by atoms with Gasteiger partial charge in [-0.15, -0.1) is 0 Å². The first kappa shape index (κ1) is 20.9. The Balaban J connectivity index is 1.48. The first-order valence-corrected chi connectivity index (χ1v) is 9.03. The van der Waals surface area contributed by atoms with E-state index >= 15 is 0 Å². The summed E-state index contributed by atoms with van der Waals surface area (Å²) in [7, 11) is 1.48. The molecule has 2 aromatic heterocycles. The number of urea groups is 1. The Labute approximate surface area is 170 Å². The Morgan fingerprint density at radius 2 is 2.10 bits per heavy atom. The molecule has 1 aliphatic rings. The second kappa shape index (κ2) is 9.11. The lowest BCUT2D eigenvalue weighted by molar-refractivity contribution is -0.130. The molecule has 0 bridgehead atoms. The van der Waals surface area contributed by atoms with E-state index < -0.39 is 37.0 Å². The number of ether oxygens (including phenoxy) is 3. The third-order valence-corrected chi connectivity index (χ3v) is 4.18. The van der Waals surface area contributed by atoms with E-state index in [1.165, 1.54) is 11.9 Å². The molecule has 3 rings (SSSR count). The molecule has 1 aliphatic heterocycles. The smallest absolute Gasteiger partial charge is 0.458 e. The van der Waals surface area contributed by atoms with Gasteiger partial charge in [0, 0.05) is 24.8 Å². The highest BCUT2D eigenvalue weighted by molar-refractivity contribution is 6.04. The van der Waals surface area contributed by atoms with Crippen LogP contribution in [-0.2, 0) is 19.0 Å². The molecule has 160 valence electrons. The minimum atomic E-state index is -1.09. The molecule has 12 heteroatoms. The van der Waals surface area contributed by atoms with E-state index in [1.807, 2.05) is 0 Å². The third kappa shape index (κ3) is 4.59. The molecule has 0 aromatic carbocycles. The van der Waals surface area contributed by atoms with Crippen LogP contribution in [-0.4, -0.2) is 72.5 Å². The second-order valence-corrected chi connectivity index (χ2v) is 6.20. The minimum Gasteiger partial charge on any atom is -0.458 e. The molecule has 1 fully saturated rings. The molecule has 1 saturated heterocycles. The molecule has 0 aliphatic carbocycles. The highest BCUT2D eigenvalue weighted by atomic mass is 16.7. The number of imide groups is 1. The zero-order valence-electron chi connectivity index (χ0n) is 16.3. The van der Waals surface area contributed by atoms with Gasteiger partial charge < -0.3 is 28.8 Å². The Kier molecular flexibility index (Phi) is 6.35. The molecular weight excluding hydrogens is 400 g/mol. The van der Waals surface area contributed by atoms with Crippen molar-refractivity contribution in [3.8, 4) is 0 Å². The maximum atomic E-state index is 12.5. The molecule has 0 saturated carbocycles. The van der Waals surface area contributed by atoms with Crippen LogP contribution in [0.2, 0.25) is 0 Å². The first-order chi connectivity index (χ1) is 14.4. The van der Waals surface area contributed by atoms with E-state index in [4.69, 9.17) is 18.6 Å². The number of nitrogens with zero attached hydrogens (tertiary/aromatic N) is 3. The van der Waals surface area contributed by atoms with Gasteiger partial charge in [-0.2, -0.15) is 0 Å².